The average molecular weight is 348 g/mol. The van der Waals surface area contributed by atoms with Crippen molar-refractivity contribution in [2.24, 2.45) is 4.99 Å². The summed E-state index contributed by atoms with van der Waals surface area (Å²) in [6.07, 6.45) is -3.10. The Morgan fingerprint density at radius 3 is 2.46 bits per heavy atom. The summed E-state index contributed by atoms with van der Waals surface area (Å²) in [5, 5.41) is 6.08. The molecule has 0 radical (unpaired) electrons. The zero-order chi connectivity index (χ0) is 18.0. The van der Waals surface area contributed by atoms with Gasteiger partial charge in [-0.05, 0) is 38.1 Å². The van der Waals surface area contributed by atoms with E-state index in [1.54, 1.807) is 25.2 Å². The Labute approximate surface area is 139 Å². The van der Waals surface area contributed by atoms with Gasteiger partial charge in [0, 0.05) is 20.1 Å². The summed E-state index contributed by atoms with van der Waals surface area (Å²) in [7, 11) is 3.04. The molecule has 0 amide bonds. The SMILES string of the molecule is CN=C(NCCCN(C)CC(F)(F)F)NCCc1ccccc1F. The molecule has 0 fully saturated rings. The molecule has 0 saturated carbocycles. The topological polar surface area (TPSA) is 39.7 Å². The lowest BCUT2D eigenvalue weighted by Gasteiger charge is -2.19. The van der Waals surface area contributed by atoms with E-state index >= 15 is 0 Å². The Morgan fingerprint density at radius 2 is 1.83 bits per heavy atom. The summed E-state index contributed by atoms with van der Waals surface area (Å²) in [5.74, 6) is 0.305. The zero-order valence-corrected chi connectivity index (χ0v) is 14.0. The first-order valence-corrected chi connectivity index (χ1v) is 7.75. The third-order valence-electron chi connectivity index (χ3n) is 3.33. The number of hydrogen-bond donors (Lipinski definition) is 2. The average Bonchev–Trinajstić information content (AvgIpc) is 2.49. The molecule has 0 atom stereocenters. The van der Waals surface area contributed by atoms with Crippen molar-refractivity contribution >= 4 is 5.96 Å². The molecule has 4 nitrogen and oxygen atoms in total. The highest BCUT2D eigenvalue weighted by Crippen LogP contribution is 2.15. The van der Waals surface area contributed by atoms with Crippen LogP contribution in [0.3, 0.4) is 0 Å². The predicted molar refractivity (Wildman–Crippen MR) is 87.6 cm³/mol. The molecule has 8 heteroatoms. The third kappa shape index (κ3) is 8.71. The van der Waals surface area contributed by atoms with Gasteiger partial charge in [-0.25, -0.2) is 4.39 Å². The van der Waals surface area contributed by atoms with Gasteiger partial charge < -0.3 is 10.6 Å². The summed E-state index contributed by atoms with van der Waals surface area (Å²) in [6, 6.07) is 6.56. The number of hydrogen-bond acceptors (Lipinski definition) is 2. The Hall–Kier alpha value is -1.83. The molecule has 136 valence electrons. The maximum Gasteiger partial charge on any atom is 0.401 e. The van der Waals surface area contributed by atoms with Gasteiger partial charge in [-0.2, -0.15) is 13.2 Å². The molecule has 1 rings (SSSR count). The summed E-state index contributed by atoms with van der Waals surface area (Å²) in [5.41, 5.74) is 0.620. The second kappa shape index (κ2) is 10.1. The van der Waals surface area contributed by atoms with Gasteiger partial charge in [-0.1, -0.05) is 18.2 Å². The van der Waals surface area contributed by atoms with Crippen LogP contribution in [0.1, 0.15) is 12.0 Å². The molecule has 0 saturated heterocycles. The lowest BCUT2D eigenvalue weighted by molar-refractivity contribution is -0.143. The Bertz CT molecular complexity index is 517. The standard InChI is InChI=1S/C16H24F4N4/c1-21-15(22-9-5-11-24(2)12-16(18,19)20)23-10-8-13-6-3-4-7-14(13)17/h3-4,6-7H,5,8-12H2,1-2H3,(H2,21,22,23). The van der Waals surface area contributed by atoms with E-state index in [4.69, 9.17) is 0 Å². The quantitative estimate of drug-likeness (QED) is 0.328. The number of halogens is 4. The smallest absolute Gasteiger partial charge is 0.356 e. The van der Waals surface area contributed by atoms with Gasteiger partial charge in [0.1, 0.15) is 5.82 Å². The van der Waals surface area contributed by atoms with Crippen molar-refractivity contribution in [3.8, 4) is 0 Å². The minimum absolute atomic E-state index is 0.241. The number of rotatable bonds is 8. The van der Waals surface area contributed by atoms with Crippen LogP contribution in [0.5, 0.6) is 0 Å². The number of guanidine groups is 1. The Morgan fingerprint density at radius 1 is 1.17 bits per heavy atom. The summed E-state index contributed by atoms with van der Waals surface area (Å²) in [6.45, 7) is 0.428. The van der Waals surface area contributed by atoms with Crippen LogP contribution in [0.4, 0.5) is 17.6 Å². The van der Waals surface area contributed by atoms with Crippen LogP contribution < -0.4 is 10.6 Å². The molecule has 0 aliphatic heterocycles. The van der Waals surface area contributed by atoms with E-state index in [1.165, 1.54) is 18.0 Å². The molecule has 0 aliphatic rings. The number of benzene rings is 1. The largest absolute Gasteiger partial charge is 0.401 e. The van der Waals surface area contributed by atoms with Gasteiger partial charge in [0.05, 0.1) is 6.54 Å². The van der Waals surface area contributed by atoms with E-state index in [2.05, 4.69) is 15.6 Å². The zero-order valence-electron chi connectivity index (χ0n) is 14.0. The molecule has 0 aliphatic carbocycles. The van der Waals surface area contributed by atoms with Crippen molar-refractivity contribution in [3.05, 3.63) is 35.6 Å². The molecule has 0 unspecified atom stereocenters. The van der Waals surface area contributed by atoms with Crippen LogP contribution in [0, 0.1) is 5.82 Å². The first kappa shape index (κ1) is 20.2. The lowest BCUT2D eigenvalue weighted by atomic mass is 10.1. The number of aliphatic imine (C=N–C) groups is 1. The minimum Gasteiger partial charge on any atom is -0.356 e. The number of nitrogens with zero attached hydrogens (tertiary/aromatic N) is 2. The van der Waals surface area contributed by atoms with Crippen molar-refractivity contribution in [2.45, 2.75) is 19.0 Å². The predicted octanol–water partition coefficient (Wildman–Crippen LogP) is 2.42. The Balaban J connectivity index is 2.20. The molecular weight excluding hydrogens is 324 g/mol. The second-order valence-electron chi connectivity index (χ2n) is 5.47. The number of nitrogens with one attached hydrogen (secondary N) is 2. The normalized spacial score (nSPS) is 12.5. The van der Waals surface area contributed by atoms with E-state index in [0.29, 0.717) is 44.0 Å². The highest BCUT2D eigenvalue weighted by Gasteiger charge is 2.28. The van der Waals surface area contributed by atoms with Gasteiger partial charge in [-0.3, -0.25) is 9.89 Å². The van der Waals surface area contributed by atoms with E-state index in [9.17, 15) is 17.6 Å². The lowest BCUT2D eigenvalue weighted by Crippen LogP contribution is -2.40. The van der Waals surface area contributed by atoms with Crippen LogP contribution in [0.15, 0.2) is 29.3 Å². The molecule has 0 spiro atoms. The second-order valence-corrected chi connectivity index (χ2v) is 5.47. The van der Waals surface area contributed by atoms with Crippen molar-refractivity contribution in [3.63, 3.8) is 0 Å². The fourth-order valence-electron chi connectivity index (χ4n) is 2.18. The van der Waals surface area contributed by atoms with Gasteiger partial charge >= 0.3 is 6.18 Å². The van der Waals surface area contributed by atoms with Crippen molar-refractivity contribution in [2.75, 3.05) is 40.3 Å². The molecule has 24 heavy (non-hydrogen) atoms. The molecule has 1 aromatic carbocycles. The van der Waals surface area contributed by atoms with Gasteiger partial charge in [0.15, 0.2) is 5.96 Å². The van der Waals surface area contributed by atoms with Gasteiger partial charge in [-0.15, -0.1) is 0 Å². The van der Waals surface area contributed by atoms with Crippen LogP contribution in [-0.2, 0) is 6.42 Å². The fraction of sp³-hybridized carbons (Fsp3) is 0.562. The third-order valence-corrected chi connectivity index (χ3v) is 3.33. The van der Waals surface area contributed by atoms with Crippen molar-refractivity contribution in [1.29, 1.82) is 0 Å². The van der Waals surface area contributed by atoms with E-state index in [1.807, 2.05) is 0 Å². The van der Waals surface area contributed by atoms with Crippen LogP contribution in [0.25, 0.3) is 0 Å². The van der Waals surface area contributed by atoms with Crippen LogP contribution >= 0.6 is 0 Å². The fourth-order valence-corrected chi connectivity index (χ4v) is 2.18. The molecule has 0 heterocycles. The van der Waals surface area contributed by atoms with Crippen LogP contribution in [0.2, 0.25) is 0 Å². The van der Waals surface area contributed by atoms with E-state index in [0.717, 1.165) is 0 Å². The Kier molecular flexibility index (Phi) is 8.53. The maximum absolute atomic E-state index is 13.5. The van der Waals surface area contributed by atoms with E-state index < -0.39 is 12.7 Å². The highest BCUT2D eigenvalue weighted by atomic mass is 19.4. The number of alkyl halides is 3. The summed E-state index contributed by atoms with van der Waals surface area (Å²) < 4.78 is 50.1. The maximum atomic E-state index is 13.5. The van der Waals surface area contributed by atoms with Crippen LogP contribution in [-0.4, -0.2) is 57.3 Å². The van der Waals surface area contributed by atoms with E-state index in [-0.39, 0.29) is 5.82 Å². The first-order chi connectivity index (χ1) is 11.3. The first-order valence-electron chi connectivity index (χ1n) is 7.75. The summed E-state index contributed by atoms with van der Waals surface area (Å²) in [4.78, 5) is 5.26. The monoisotopic (exact) mass is 348 g/mol. The summed E-state index contributed by atoms with van der Waals surface area (Å²) >= 11 is 0. The van der Waals surface area contributed by atoms with Gasteiger partial charge in [0.25, 0.3) is 0 Å². The molecular formula is C16H24F4N4. The van der Waals surface area contributed by atoms with Crippen molar-refractivity contribution < 1.29 is 17.6 Å². The molecule has 0 aromatic heterocycles. The molecule has 1 aromatic rings. The molecule has 2 N–H and O–H groups in total. The van der Waals surface area contributed by atoms with Gasteiger partial charge in [0.2, 0.25) is 0 Å². The minimum atomic E-state index is -4.17. The highest BCUT2D eigenvalue weighted by molar-refractivity contribution is 5.79. The van der Waals surface area contributed by atoms with Crippen molar-refractivity contribution in [1.82, 2.24) is 15.5 Å². The molecule has 0 bridgehead atoms.